The molecule has 0 unspecified atom stereocenters. The van der Waals surface area contributed by atoms with Gasteiger partial charge in [-0.15, -0.1) is 0 Å². The number of epoxide rings is 2. The molecule has 2 nitrogen and oxygen atoms in total. The van der Waals surface area contributed by atoms with E-state index in [1.54, 1.807) is 0 Å². The summed E-state index contributed by atoms with van der Waals surface area (Å²) in [4.78, 5) is 0. The Labute approximate surface area is 35.4 Å². The van der Waals surface area contributed by atoms with Crippen molar-refractivity contribution < 1.29 is 9.47 Å². The van der Waals surface area contributed by atoms with Gasteiger partial charge >= 0.3 is 0 Å². The Morgan fingerprint density at radius 2 is 1.33 bits per heavy atom. The minimum Gasteiger partial charge on any atom is -0.483 e. The number of hydrogen-bond acceptors (Lipinski definition) is 2. The fourth-order valence-electron chi connectivity index (χ4n) is 0.394. The highest BCUT2D eigenvalue weighted by Crippen LogP contribution is 2.28. The zero-order valence-electron chi connectivity index (χ0n) is 3.23. The van der Waals surface area contributed by atoms with Crippen LogP contribution in [0.3, 0.4) is 0 Å². The maximum Gasteiger partial charge on any atom is 0.175 e. The van der Waals surface area contributed by atoms with Crippen molar-refractivity contribution in [3.8, 4) is 0 Å². The molecule has 0 spiro atoms. The van der Waals surface area contributed by atoms with E-state index in [-0.39, 0.29) is 0 Å². The average Bonchev–Trinajstić information content (AvgIpc) is 2.26. The SMILES string of the molecule is C1OC1=C1CO1. The van der Waals surface area contributed by atoms with Gasteiger partial charge in [0.2, 0.25) is 0 Å². The fourth-order valence-corrected chi connectivity index (χ4v) is 0.394. The number of hydrogen-bond donors (Lipinski definition) is 0. The topological polar surface area (TPSA) is 25.1 Å². The highest BCUT2D eigenvalue weighted by atomic mass is 16.6. The van der Waals surface area contributed by atoms with Gasteiger partial charge in [0.05, 0.1) is 0 Å². The van der Waals surface area contributed by atoms with Gasteiger partial charge in [0.15, 0.2) is 11.5 Å². The Morgan fingerprint density at radius 3 is 1.50 bits per heavy atom. The number of ether oxygens (including phenoxy) is 2. The lowest BCUT2D eigenvalue weighted by molar-refractivity contribution is 0.479. The van der Waals surface area contributed by atoms with Gasteiger partial charge in [-0.3, -0.25) is 0 Å². The van der Waals surface area contributed by atoms with E-state index in [1.807, 2.05) is 0 Å². The zero-order valence-corrected chi connectivity index (χ0v) is 3.23. The molecule has 0 saturated carbocycles. The van der Waals surface area contributed by atoms with Crippen LogP contribution < -0.4 is 0 Å². The van der Waals surface area contributed by atoms with Crippen LogP contribution in [0.2, 0.25) is 0 Å². The lowest BCUT2D eigenvalue weighted by atomic mass is 10.6. The highest BCUT2D eigenvalue weighted by molar-refractivity contribution is 5.18. The smallest absolute Gasteiger partial charge is 0.175 e. The van der Waals surface area contributed by atoms with Crippen molar-refractivity contribution >= 4 is 0 Å². The van der Waals surface area contributed by atoms with Gasteiger partial charge in [-0.25, -0.2) is 0 Å². The van der Waals surface area contributed by atoms with Gasteiger partial charge in [-0.1, -0.05) is 0 Å². The lowest BCUT2D eigenvalue weighted by Gasteiger charge is -1.51. The second kappa shape index (κ2) is 0.555. The van der Waals surface area contributed by atoms with E-state index < -0.39 is 0 Å². The minimum absolute atomic E-state index is 0.815. The highest BCUT2D eigenvalue weighted by Gasteiger charge is 2.29. The Hall–Kier alpha value is -0.660. The molecule has 2 rings (SSSR count). The summed E-state index contributed by atoms with van der Waals surface area (Å²) in [5, 5.41) is 0. The molecule has 2 saturated heterocycles. The summed E-state index contributed by atoms with van der Waals surface area (Å²) in [7, 11) is 0. The van der Waals surface area contributed by atoms with Crippen LogP contribution in [0.5, 0.6) is 0 Å². The molecular formula is C4H4O2. The van der Waals surface area contributed by atoms with Gasteiger partial charge in [0, 0.05) is 0 Å². The molecule has 0 radical (unpaired) electrons. The van der Waals surface area contributed by atoms with Gasteiger partial charge in [-0.2, -0.15) is 0 Å². The Kier molecular flexibility index (Phi) is 0.231. The fraction of sp³-hybridized carbons (Fsp3) is 0.500. The molecule has 0 aromatic rings. The summed E-state index contributed by atoms with van der Waals surface area (Å²) >= 11 is 0. The molecule has 2 heteroatoms. The van der Waals surface area contributed by atoms with Crippen LogP contribution in [-0.4, -0.2) is 13.2 Å². The van der Waals surface area contributed by atoms with Crippen molar-refractivity contribution in [3.05, 3.63) is 11.5 Å². The molecule has 2 heterocycles. The summed E-state index contributed by atoms with van der Waals surface area (Å²) in [6.07, 6.45) is 0. The normalized spacial score (nSPS) is 37.3. The van der Waals surface area contributed by atoms with Crippen molar-refractivity contribution in [2.75, 3.05) is 13.2 Å². The van der Waals surface area contributed by atoms with E-state index >= 15 is 0 Å². The first-order chi connectivity index (χ1) is 2.97. The zero-order chi connectivity index (χ0) is 3.98. The van der Waals surface area contributed by atoms with Crippen molar-refractivity contribution in [2.45, 2.75) is 0 Å². The lowest BCUT2D eigenvalue weighted by Crippen LogP contribution is -1.43. The van der Waals surface area contributed by atoms with Crippen LogP contribution in [0, 0.1) is 0 Å². The molecule has 0 N–H and O–H groups in total. The second-order valence-electron chi connectivity index (χ2n) is 1.42. The molecule has 0 bridgehead atoms. The van der Waals surface area contributed by atoms with Gasteiger partial charge < -0.3 is 9.47 Å². The predicted octanol–water partition coefficient (Wildman–Crippen LogP) is 0.258. The summed E-state index contributed by atoms with van der Waals surface area (Å²) in [6.45, 7) is 1.63. The Bertz CT molecular complexity index is 88.7. The van der Waals surface area contributed by atoms with Crippen LogP contribution >= 0.6 is 0 Å². The standard InChI is InChI=1S/C4H4O2/c1-3(5-1)4-2-6-4/h1-2H2. The molecule has 2 fully saturated rings. The third-order valence-corrected chi connectivity index (χ3v) is 0.888. The molecule has 0 aromatic carbocycles. The number of rotatable bonds is 0. The molecule has 0 amide bonds. The van der Waals surface area contributed by atoms with E-state index in [9.17, 15) is 0 Å². The summed E-state index contributed by atoms with van der Waals surface area (Å²) < 4.78 is 9.57. The molecule has 2 aliphatic rings. The summed E-state index contributed by atoms with van der Waals surface area (Å²) in [5.74, 6) is 2.13. The van der Waals surface area contributed by atoms with Gasteiger partial charge in [0.1, 0.15) is 13.2 Å². The quantitative estimate of drug-likeness (QED) is 0.393. The van der Waals surface area contributed by atoms with E-state index in [2.05, 4.69) is 0 Å². The van der Waals surface area contributed by atoms with Crippen molar-refractivity contribution in [1.82, 2.24) is 0 Å². The maximum absolute atomic E-state index is 4.79. The van der Waals surface area contributed by atoms with Gasteiger partial charge in [0.25, 0.3) is 0 Å². The van der Waals surface area contributed by atoms with Crippen molar-refractivity contribution in [3.63, 3.8) is 0 Å². The first-order valence-electron chi connectivity index (χ1n) is 1.94. The van der Waals surface area contributed by atoms with Crippen molar-refractivity contribution in [2.24, 2.45) is 0 Å². The largest absolute Gasteiger partial charge is 0.483 e. The molecule has 2 aliphatic heterocycles. The Balaban J connectivity index is 2.34. The van der Waals surface area contributed by atoms with Crippen LogP contribution in [0.4, 0.5) is 0 Å². The molecule has 32 valence electrons. The summed E-state index contributed by atoms with van der Waals surface area (Å²) in [6, 6.07) is 0. The van der Waals surface area contributed by atoms with Crippen LogP contribution in [0.1, 0.15) is 0 Å². The third kappa shape index (κ3) is 0.210. The van der Waals surface area contributed by atoms with Crippen LogP contribution in [0.25, 0.3) is 0 Å². The second-order valence-corrected chi connectivity index (χ2v) is 1.42. The van der Waals surface area contributed by atoms with Gasteiger partial charge in [-0.05, 0) is 0 Å². The Morgan fingerprint density at radius 1 is 1.00 bits per heavy atom. The first-order valence-corrected chi connectivity index (χ1v) is 1.94. The molecule has 6 heavy (non-hydrogen) atoms. The molecule has 0 aliphatic carbocycles. The van der Waals surface area contributed by atoms with E-state index in [4.69, 9.17) is 9.47 Å². The monoisotopic (exact) mass is 84.0 g/mol. The first kappa shape index (κ1) is 2.50. The maximum atomic E-state index is 4.79. The van der Waals surface area contributed by atoms with E-state index in [0.29, 0.717) is 0 Å². The summed E-state index contributed by atoms with van der Waals surface area (Å²) in [5.41, 5.74) is 0. The molecule has 0 aromatic heterocycles. The van der Waals surface area contributed by atoms with E-state index in [0.717, 1.165) is 24.7 Å². The average molecular weight is 84.1 g/mol. The van der Waals surface area contributed by atoms with Crippen molar-refractivity contribution in [1.29, 1.82) is 0 Å². The third-order valence-electron chi connectivity index (χ3n) is 0.888. The predicted molar refractivity (Wildman–Crippen MR) is 18.9 cm³/mol. The minimum atomic E-state index is 0.815. The molecular weight excluding hydrogens is 80.0 g/mol. The molecule has 0 atom stereocenters. The van der Waals surface area contributed by atoms with Crippen LogP contribution in [-0.2, 0) is 9.47 Å². The van der Waals surface area contributed by atoms with Crippen LogP contribution in [0.15, 0.2) is 11.5 Å². The van der Waals surface area contributed by atoms with E-state index in [1.165, 1.54) is 0 Å².